The molecule has 0 bridgehead atoms. The molecule has 0 saturated carbocycles. The molecule has 5 nitrogen and oxygen atoms in total. The lowest BCUT2D eigenvalue weighted by atomic mass is 10.1. The Morgan fingerprint density at radius 3 is 2.05 bits per heavy atom. The van der Waals surface area contributed by atoms with E-state index in [-0.39, 0.29) is 10.6 Å². The van der Waals surface area contributed by atoms with Crippen LogP contribution >= 0.6 is 0 Å². The Labute approximate surface area is 128 Å². The summed E-state index contributed by atoms with van der Waals surface area (Å²) >= 11 is 0. The third kappa shape index (κ3) is 4.89. The molecule has 120 valence electrons. The van der Waals surface area contributed by atoms with Gasteiger partial charge in [0.1, 0.15) is 4.90 Å². The number of benzene rings is 1. The Morgan fingerprint density at radius 2 is 1.67 bits per heavy atom. The topological polar surface area (TPSA) is 75.4 Å². The van der Waals surface area contributed by atoms with E-state index in [1.165, 1.54) is 7.05 Å². The van der Waals surface area contributed by atoms with Gasteiger partial charge in [-0.15, -0.1) is 0 Å². The number of hydrogen-bond donors (Lipinski definition) is 2. The molecule has 0 spiro atoms. The van der Waals surface area contributed by atoms with Crippen molar-refractivity contribution in [3.8, 4) is 0 Å². The minimum atomic E-state index is -3.51. The zero-order valence-electron chi connectivity index (χ0n) is 13.6. The lowest BCUT2D eigenvalue weighted by Crippen LogP contribution is -2.31. The fourth-order valence-corrected chi connectivity index (χ4v) is 3.09. The largest absolute Gasteiger partial charge is 0.398 e. The second kappa shape index (κ2) is 7.13. The highest BCUT2D eigenvalue weighted by Crippen LogP contribution is 2.26. The van der Waals surface area contributed by atoms with Crippen LogP contribution in [0.2, 0.25) is 0 Å². The van der Waals surface area contributed by atoms with Crippen LogP contribution in [0.1, 0.15) is 27.7 Å². The molecule has 0 aliphatic heterocycles. The minimum absolute atomic E-state index is 0.128. The summed E-state index contributed by atoms with van der Waals surface area (Å²) in [6, 6.07) is 5.14. The first kappa shape index (κ1) is 17.8. The maximum absolute atomic E-state index is 11.9. The van der Waals surface area contributed by atoms with Crippen LogP contribution in [-0.2, 0) is 10.0 Å². The summed E-state index contributed by atoms with van der Waals surface area (Å²) in [6.45, 7) is 10.5. The summed E-state index contributed by atoms with van der Waals surface area (Å²) in [5, 5.41) is 0. The fourth-order valence-electron chi connectivity index (χ4n) is 2.25. The molecule has 0 aliphatic carbocycles. The molecule has 0 saturated heterocycles. The van der Waals surface area contributed by atoms with E-state index in [9.17, 15) is 8.42 Å². The number of anilines is 2. The van der Waals surface area contributed by atoms with Crippen LogP contribution < -0.4 is 15.4 Å². The molecular formula is C15H27N3O2S. The lowest BCUT2D eigenvalue weighted by Gasteiger charge is -2.29. The highest BCUT2D eigenvalue weighted by molar-refractivity contribution is 7.89. The van der Waals surface area contributed by atoms with Crippen molar-refractivity contribution < 1.29 is 8.42 Å². The van der Waals surface area contributed by atoms with E-state index in [1.54, 1.807) is 12.1 Å². The van der Waals surface area contributed by atoms with Crippen LogP contribution in [0.3, 0.4) is 0 Å². The van der Waals surface area contributed by atoms with Crippen LogP contribution in [0.5, 0.6) is 0 Å². The molecule has 6 heteroatoms. The van der Waals surface area contributed by atoms with Crippen LogP contribution in [0.15, 0.2) is 23.1 Å². The minimum Gasteiger partial charge on any atom is -0.398 e. The fraction of sp³-hybridized carbons (Fsp3) is 0.600. The van der Waals surface area contributed by atoms with Gasteiger partial charge in [-0.25, -0.2) is 13.1 Å². The maximum Gasteiger partial charge on any atom is 0.242 e. The van der Waals surface area contributed by atoms with Gasteiger partial charge < -0.3 is 10.6 Å². The molecule has 0 radical (unpaired) electrons. The lowest BCUT2D eigenvalue weighted by molar-refractivity contribution is 0.552. The summed E-state index contributed by atoms with van der Waals surface area (Å²) in [4.78, 5) is 2.38. The van der Waals surface area contributed by atoms with Gasteiger partial charge in [-0.3, -0.25) is 0 Å². The molecule has 1 rings (SSSR count). The maximum atomic E-state index is 11.9. The van der Waals surface area contributed by atoms with E-state index in [0.29, 0.717) is 11.8 Å². The standard InChI is InChI=1S/C15H27N3O2S/c1-11(2)9-18(10-12(3)4)13-6-7-15(14(16)8-13)21(19,20)17-5/h6-8,11-12,17H,9-10,16H2,1-5H3. The van der Waals surface area contributed by atoms with Crippen molar-refractivity contribution in [2.75, 3.05) is 30.8 Å². The van der Waals surface area contributed by atoms with Crippen molar-refractivity contribution in [3.05, 3.63) is 18.2 Å². The van der Waals surface area contributed by atoms with E-state index in [4.69, 9.17) is 5.73 Å². The first-order valence-electron chi connectivity index (χ1n) is 7.25. The first-order valence-corrected chi connectivity index (χ1v) is 8.73. The molecule has 0 amide bonds. The van der Waals surface area contributed by atoms with Crippen molar-refractivity contribution in [2.24, 2.45) is 11.8 Å². The molecule has 0 unspecified atom stereocenters. The highest BCUT2D eigenvalue weighted by atomic mass is 32.2. The molecule has 21 heavy (non-hydrogen) atoms. The predicted molar refractivity (Wildman–Crippen MR) is 89.0 cm³/mol. The summed E-state index contributed by atoms with van der Waals surface area (Å²) in [5.41, 5.74) is 7.18. The third-order valence-electron chi connectivity index (χ3n) is 3.09. The molecule has 0 aromatic heterocycles. The van der Waals surface area contributed by atoms with E-state index in [2.05, 4.69) is 37.3 Å². The van der Waals surface area contributed by atoms with E-state index in [1.807, 2.05) is 6.07 Å². The Kier molecular flexibility index (Phi) is 6.04. The average Bonchev–Trinajstić information content (AvgIpc) is 2.36. The van der Waals surface area contributed by atoms with Crippen LogP contribution in [0.25, 0.3) is 0 Å². The van der Waals surface area contributed by atoms with Gasteiger partial charge in [-0.2, -0.15) is 0 Å². The number of nitrogens with two attached hydrogens (primary N) is 1. The zero-order chi connectivity index (χ0) is 16.2. The number of hydrogen-bond acceptors (Lipinski definition) is 4. The summed E-state index contributed by atoms with van der Waals surface area (Å²) < 4.78 is 26.0. The number of nitrogens with one attached hydrogen (secondary N) is 1. The van der Waals surface area contributed by atoms with Gasteiger partial charge in [-0.1, -0.05) is 27.7 Å². The number of nitrogens with zero attached hydrogens (tertiary/aromatic N) is 1. The van der Waals surface area contributed by atoms with Crippen molar-refractivity contribution >= 4 is 21.4 Å². The summed E-state index contributed by atoms with van der Waals surface area (Å²) in [6.07, 6.45) is 0. The summed E-state index contributed by atoms with van der Waals surface area (Å²) in [7, 11) is -2.13. The number of sulfonamides is 1. The number of rotatable bonds is 7. The smallest absolute Gasteiger partial charge is 0.242 e. The monoisotopic (exact) mass is 313 g/mol. The molecule has 0 fully saturated rings. The van der Waals surface area contributed by atoms with Crippen molar-refractivity contribution in [1.29, 1.82) is 0 Å². The van der Waals surface area contributed by atoms with Gasteiger partial charge in [0.25, 0.3) is 0 Å². The van der Waals surface area contributed by atoms with Crippen molar-refractivity contribution in [2.45, 2.75) is 32.6 Å². The van der Waals surface area contributed by atoms with Crippen LogP contribution in [0.4, 0.5) is 11.4 Å². The molecular weight excluding hydrogens is 286 g/mol. The van der Waals surface area contributed by atoms with Crippen LogP contribution in [0, 0.1) is 11.8 Å². The quantitative estimate of drug-likeness (QED) is 0.757. The first-order chi connectivity index (χ1) is 9.67. The van der Waals surface area contributed by atoms with Gasteiger partial charge in [-0.05, 0) is 37.1 Å². The Balaban J connectivity index is 3.14. The Morgan fingerprint density at radius 1 is 1.14 bits per heavy atom. The molecule has 3 N–H and O–H groups in total. The molecule has 0 aliphatic rings. The molecule has 0 atom stereocenters. The van der Waals surface area contributed by atoms with Crippen molar-refractivity contribution in [1.82, 2.24) is 4.72 Å². The zero-order valence-corrected chi connectivity index (χ0v) is 14.4. The Bertz CT molecular complexity index is 558. The Hall–Kier alpha value is -1.27. The van der Waals surface area contributed by atoms with E-state index < -0.39 is 10.0 Å². The molecule has 0 heterocycles. The van der Waals surface area contributed by atoms with Gasteiger partial charge in [0.2, 0.25) is 10.0 Å². The second-order valence-electron chi connectivity index (χ2n) is 6.12. The normalized spacial score (nSPS) is 12.1. The SMILES string of the molecule is CNS(=O)(=O)c1ccc(N(CC(C)C)CC(C)C)cc1N. The van der Waals surface area contributed by atoms with Gasteiger partial charge in [0.05, 0.1) is 5.69 Å². The van der Waals surface area contributed by atoms with Gasteiger partial charge >= 0.3 is 0 Å². The molecule has 1 aromatic rings. The van der Waals surface area contributed by atoms with Gasteiger partial charge in [0, 0.05) is 18.8 Å². The second-order valence-corrected chi connectivity index (χ2v) is 7.98. The van der Waals surface area contributed by atoms with E-state index in [0.717, 1.165) is 18.8 Å². The van der Waals surface area contributed by atoms with E-state index >= 15 is 0 Å². The summed E-state index contributed by atoms with van der Waals surface area (Å²) in [5.74, 6) is 1.04. The average molecular weight is 313 g/mol. The molecule has 1 aromatic carbocycles. The van der Waals surface area contributed by atoms with Crippen molar-refractivity contribution in [3.63, 3.8) is 0 Å². The highest BCUT2D eigenvalue weighted by Gasteiger charge is 2.17. The predicted octanol–water partition coefficient (Wildman–Crippen LogP) is 2.30. The third-order valence-corrected chi connectivity index (χ3v) is 4.58. The number of nitrogen functional groups attached to an aromatic ring is 1. The van der Waals surface area contributed by atoms with Gasteiger partial charge in [0.15, 0.2) is 0 Å². The van der Waals surface area contributed by atoms with Crippen LogP contribution in [-0.4, -0.2) is 28.6 Å².